The highest BCUT2D eigenvalue weighted by Crippen LogP contribution is 2.40. The van der Waals surface area contributed by atoms with Gasteiger partial charge in [-0.3, -0.25) is 0 Å². The fourth-order valence-corrected chi connectivity index (χ4v) is 7.82. The summed E-state index contributed by atoms with van der Waals surface area (Å²) >= 11 is -0.375. The molecular formula is C38H43NO9S2. The Morgan fingerprint density at radius 2 is 1.28 bits per heavy atom. The summed E-state index contributed by atoms with van der Waals surface area (Å²) in [5.41, 5.74) is -0.280. The van der Waals surface area contributed by atoms with Crippen molar-refractivity contribution in [2.45, 2.75) is 80.0 Å². The second-order valence-electron chi connectivity index (χ2n) is 13.2. The number of ether oxygens (including phenoxy) is 4. The van der Waals surface area contributed by atoms with Crippen LogP contribution in [0.4, 0.5) is 0 Å². The quantitative estimate of drug-likeness (QED) is 0.125. The molecule has 3 aromatic rings. The Bertz CT molecular complexity index is 1600. The number of thioether (sulfide) groups is 1. The van der Waals surface area contributed by atoms with Crippen LogP contribution in [0.15, 0.2) is 103 Å². The van der Waals surface area contributed by atoms with Crippen LogP contribution in [0.3, 0.4) is 0 Å². The van der Waals surface area contributed by atoms with Crippen molar-refractivity contribution in [3.8, 4) is 0 Å². The van der Waals surface area contributed by atoms with Crippen molar-refractivity contribution in [1.29, 1.82) is 0 Å². The summed E-state index contributed by atoms with van der Waals surface area (Å²) in [5, 5.41) is 9.99. The van der Waals surface area contributed by atoms with Gasteiger partial charge in [-0.15, -0.1) is 16.5 Å². The fraction of sp³-hybridized carbons (Fsp3) is 0.395. The molecule has 6 unspecified atom stereocenters. The highest BCUT2D eigenvalue weighted by Gasteiger charge is 2.56. The monoisotopic (exact) mass is 721 g/mol. The largest absolute Gasteiger partial charge is 0.598 e. The van der Waals surface area contributed by atoms with Crippen molar-refractivity contribution in [2.24, 2.45) is 5.92 Å². The zero-order valence-corrected chi connectivity index (χ0v) is 30.0. The van der Waals surface area contributed by atoms with Crippen molar-refractivity contribution in [2.75, 3.05) is 6.61 Å². The molecule has 12 heteroatoms. The maximum atomic E-state index is 13.8. The predicted molar refractivity (Wildman–Crippen MR) is 192 cm³/mol. The lowest BCUT2D eigenvalue weighted by molar-refractivity contribution is -0.207. The molecule has 2 heterocycles. The van der Waals surface area contributed by atoms with Crippen molar-refractivity contribution in [1.82, 2.24) is 4.72 Å². The zero-order chi connectivity index (χ0) is 35.8. The highest BCUT2D eigenvalue weighted by atomic mass is 32.2. The molecule has 0 saturated carbocycles. The summed E-state index contributed by atoms with van der Waals surface area (Å²) in [6.07, 6.45) is -0.773. The van der Waals surface area contributed by atoms with E-state index in [1.807, 2.05) is 39.8 Å². The minimum atomic E-state index is -1.60. The van der Waals surface area contributed by atoms with Crippen LogP contribution >= 0.6 is 11.8 Å². The molecule has 2 aliphatic rings. The molecule has 0 aliphatic carbocycles. The van der Waals surface area contributed by atoms with E-state index in [2.05, 4.69) is 4.72 Å². The van der Waals surface area contributed by atoms with Gasteiger partial charge in [0.25, 0.3) is 0 Å². The molecular weight excluding hydrogens is 679 g/mol. The van der Waals surface area contributed by atoms with Crippen molar-refractivity contribution in [3.63, 3.8) is 0 Å². The molecule has 10 nitrogen and oxygen atoms in total. The van der Waals surface area contributed by atoms with E-state index in [9.17, 15) is 24.0 Å². The first-order valence-electron chi connectivity index (χ1n) is 16.5. The minimum Gasteiger partial charge on any atom is -0.598 e. The number of aliphatic hydroxyl groups is 1. The summed E-state index contributed by atoms with van der Waals surface area (Å²) in [5.74, 6) is -2.51. The lowest BCUT2D eigenvalue weighted by Gasteiger charge is -2.48. The van der Waals surface area contributed by atoms with Gasteiger partial charge in [-0.25, -0.2) is 14.4 Å². The van der Waals surface area contributed by atoms with Crippen molar-refractivity contribution < 1.29 is 43.0 Å². The topological polar surface area (TPSA) is 143 Å². The number of nitrogens with one attached hydrogen (secondary N) is 1. The number of benzene rings is 3. The van der Waals surface area contributed by atoms with Crippen molar-refractivity contribution in [3.05, 3.63) is 120 Å². The average Bonchev–Trinajstić information content (AvgIpc) is 3.12. The number of hydrogen-bond acceptors (Lipinski definition) is 11. The normalized spacial score (nSPS) is 28.0. The van der Waals surface area contributed by atoms with Gasteiger partial charge >= 0.3 is 17.9 Å². The highest BCUT2D eigenvalue weighted by molar-refractivity contribution is 8.00. The first-order valence-corrected chi connectivity index (χ1v) is 18.6. The van der Waals surface area contributed by atoms with Crippen molar-refractivity contribution >= 4 is 41.0 Å². The maximum Gasteiger partial charge on any atom is 0.338 e. The Morgan fingerprint density at radius 3 is 1.74 bits per heavy atom. The SMILES string of the molecule is C[C@@H]1/C=C\C[C@@H](CO)SC2OC(C(OC(=O)c3ccccc3)C(OC(=O)c3ccccc3)C2OC(=O)c2ccccc2)[C@@H]1N[S+]([O-])C(C)(C)C. The van der Waals surface area contributed by atoms with E-state index >= 15 is 0 Å². The molecule has 0 aromatic heterocycles. The Labute approximate surface area is 300 Å². The standard InChI is InChI=1S/C38H43NO9S2/c1-24-15-14-22-28(23-40)49-37-33(47-36(43)27-20-12-7-13-21-27)32(46-35(42)26-18-10-6-11-19-26)31(45-34(41)25-16-8-5-9-17-25)30(48-37)29(24)39-50(44)38(2,3)4/h5-21,24,28-33,37,39-40H,22-23H2,1-4H3/b15-14-/t24-,28+,29-,30?,31?,32?,33?,37?,50?/m1/s1. The molecule has 266 valence electrons. The summed E-state index contributed by atoms with van der Waals surface area (Å²) in [7, 11) is 0. The van der Waals surface area contributed by atoms with E-state index in [1.54, 1.807) is 91.0 Å². The molecule has 1 fully saturated rings. The Balaban J connectivity index is 1.66. The van der Waals surface area contributed by atoms with Gasteiger partial charge in [0.05, 0.1) is 29.3 Å². The number of hydrogen-bond donors (Lipinski definition) is 2. The molecule has 5 rings (SSSR count). The number of fused-ring (bicyclic) bond motifs is 2. The van der Waals surface area contributed by atoms with Crippen LogP contribution in [0.5, 0.6) is 0 Å². The molecule has 1 saturated heterocycles. The fourth-order valence-electron chi connectivity index (χ4n) is 5.63. The lowest BCUT2D eigenvalue weighted by atomic mass is 9.87. The van der Waals surface area contributed by atoms with Crippen LogP contribution in [0.1, 0.15) is 65.2 Å². The minimum absolute atomic E-state index is 0.218. The number of esters is 3. The number of carbonyl (C=O) groups excluding carboxylic acids is 3. The molecule has 2 bridgehead atoms. The Morgan fingerprint density at radius 1 is 0.820 bits per heavy atom. The molecule has 0 radical (unpaired) electrons. The smallest absolute Gasteiger partial charge is 0.338 e. The van der Waals surface area contributed by atoms with Crippen LogP contribution in [0.25, 0.3) is 0 Å². The van der Waals surface area contributed by atoms with Crippen LogP contribution in [-0.2, 0) is 30.3 Å². The van der Waals surface area contributed by atoms with Gasteiger partial charge < -0.3 is 28.6 Å². The summed E-state index contributed by atoms with van der Waals surface area (Å²) in [6.45, 7) is 7.19. The van der Waals surface area contributed by atoms with E-state index in [0.717, 1.165) is 0 Å². The lowest BCUT2D eigenvalue weighted by Crippen LogP contribution is -2.67. The van der Waals surface area contributed by atoms with Gasteiger partial charge in [0.15, 0.2) is 18.3 Å². The summed E-state index contributed by atoms with van der Waals surface area (Å²) in [6, 6.07) is 24.3. The van der Waals surface area contributed by atoms with Gasteiger partial charge in [-0.05, 0) is 69.5 Å². The molecule has 9 atom stereocenters. The van der Waals surface area contributed by atoms with Gasteiger partial charge in [0, 0.05) is 16.6 Å². The van der Waals surface area contributed by atoms with E-state index in [0.29, 0.717) is 6.42 Å². The first kappa shape index (κ1) is 37.6. The van der Waals surface area contributed by atoms with Gasteiger partial charge in [-0.1, -0.05) is 73.7 Å². The maximum absolute atomic E-state index is 13.8. The van der Waals surface area contributed by atoms with Crippen LogP contribution in [-0.4, -0.2) is 80.1 Å². The third kappa shape index (κ3) is 9.36. The van der Waals surface area contributed by atoms with E-state index in [-0.39, 0.29) is 34.5 Å². The van der Waals surface area contributed by atoms with Crippen LogP contribution < -0.4 is 4.72 Å². The average molecular weight is 722 g/mol. The number of allylic oxidation sites excluding steroid dienone is 1. The molecule has 50 heavy (non-hydrogen) atoms. The summed E-state index contributed by atoms with van der Waals surface area (Å²) < 4.78 is 41.6. The van der Waals surface area contributed by atoms with E-state index in [1.165, 1.54) is 11.8 Å². The van der Waals surface area contributed by atoms with Crippen LogP contribution in [0.2, 0.25) is 0 Å². The molecule has 2 N–H and O–H groups in total. The van der Waals surface area contributed by atoms with Gasteiger partial charge in [-0.2, -0.15) is 0 Å². The molecule has 0 spiro atoms. The van der Waals surface area contributed by atoms with Gasteiger partial charge in [0.1, 0.15) is 16.3 Å². The molecule has 3 aromatic carbocycles. The second kappa shape index (κ2) is 17.0. The third-order valence-electron chi connectivity index (χ3n) is 8.38. The Kier molecular flexibility index (Phi) is 12.8. The van der Waals surface area contributed by atoms with E-state index < -0.39 is 69.9 Å². The second-order valence-corrected chi connectivity index (χ2v) is 16.6. The number of aliphatic hydroxyl groups excluding tert-OH is 1. The third-order valence-corrected chi connectivity index (χ3v) is 11.3. The summed E-state index contributed by atoms with van der Waals surface area (Å²) in [4.78, 5) is 41.3. The van der Waals surface area contributed by atoms with Crippen LogP contribution in [0, 0.1) is 5.92 Å². The zero-order valence-electron chi connectivity index (χ0n) is 28.4. The molecule has 0 amide bonds. The first-order chi connectivity index (χ1) is 24.0. The predicted octanol–water partition coefficient (Wildman–Crippen LogP) is 5.50. The molecule has 2 aliphatic heterocycles. The number of rotatable bonds is 9. The Hall–Kier alpha value is -3.65. The number of carbonyl (C=O) groups is 3. The van der Waals surface area contributed by atoms with E-state index in [4.69, 9.17) is 18.9 Å². The van der Waals surface area contributed by atoms with Gasteiger partial charge in [0.2, 0.25) is 0 Å².